The summed E-state index contributed by atoms with van der Waals surface area (Å²) in [5.41, 5.74) is 1.03. The predicted octanol–water partition coefficient (Wildman–Crippen LogP) is 7.86. The van der Waals surface area contributed by atoms with E-state index < -0.39 is 24.7 Å². The van der Waals surface area contributed by atoms with Gasteiger partial charge >= 0.3 is 7.12 Å². The molecular formula is C41H50BCl2N3O6. The average molecular weight is 763 g/mol. The van der Waals surface area contributed by atoms with Crippen molar-refractivity contribution >= 4 is 47.9 Å². The largest absolute Gasteiger partial charge is 0.461 e. The molecule has 12 heteroatoms. The molecule has 2 heterocycles. The van der Waals surface area contributed by atoms with Crippen molar-refractivity contribution < 1.29 is 28.4 Å². The molecule has 3 aliphatic carbocycles. The molecule has 53 heavy (non-hydrogen) atoms. The minimum Gasteiger partial charge on any atom is -0.405 e. The van der Waals surface area contributed by atoms with E-state index in [1.807, 2.05) is 44.2 Å². The number of ether oxygens (including phenoxy) is 1. The summed E-state index contributed by atoms with van der Waals surface area (Å²) in [5.74, 6) is -0.416. The van der Waals surface area contributed by atoms with Gasteiger partial charge in [-0.05, 0) is 86.0 Å². The molecule has 5 fully saturated rings. The maximum absolute atomic E-state index is 14.4. The van der Waals surface area contributed by atoms with Crippen molar-refractivity contribution in [3.05, 3.63) is 92.9 Å². The number of rotatable bonds is 14. The van der Waals surface area contributed by atoms with Gasteiger partial charge in [-0.15, -0.1) is 0 Å². The number of hydrogen-bond acceptors (Lipinski definition) is 6. The van der Waals surface area contributed by atoms with Gasteiger partial charge in [0.2, 0.25) is 5.70 Å². The first-order valence-corrected chi connectivity index (χ1v) is 19.6. The molecule has 7 atom stereocenters. The molecule has 0 unspecified atom stereocenters. The van der Waals surface area contributed by atoms with Gasteiger partial charge in [0.15, 0.2) is 5.78 Å². The van der Waals surface area contributed by atoms with Gasteiger partial charge in [-0.3, -0.25) is 14.4 Å². The van der Waals surface area contributed by atoms with Crippen LogP contribution in [0, 0.1) is 29.7 Å². The summed E-state index contributed by atoms with van der Waals surface area (Å²) in [7, 11) is -0.599. The fourth-order valence-corrected chi connectivity index (χ4v) is 9.40. The average Bonchev–Trinajstić information content (AvgIpc) is 3.74. The minimum atomic E-state index is -1.04. The number of nitrogens with one attached hydrogen (secondary N) is 1. The Labute approximate surface area is 324 Å². The predicted molar refractivity (Wildman–Crippen MR) is 206 cm³/mol. The standard InChI is InChI=1S/C41H50BCl2N3O6/c1-25(2)17-33(45-6)39(50)47-16-10-13-30(47)23-51-24-34(46-38(49)31-22-29(43)14-15-32(31)44)35(48)21-28(18-26-11-8-7-9-12-26)42-52-37-20-27-19-36(40(27,3)4)41(37,5)53-42/h7-9,11-12,14-15,17,22,25,27-28,30,34,36-37H,10,13,16,18-21,23-24H2,1-5H3,(H,46,49)/t27-,28-,30-,34+,36+,37-,41+/m1/s1. The van der Waals surface area contributed by atoms with Crippen LogP contribution in [0.5, 0.6) is 0 Å². The molecule has 0 radical (unpaired) electrons. The first kappa shape index (κ1) is 39.5. The van der Waals surface area contributed by atoms with Crippen LogP contribution in [0.15, 0.2) is 60.3 Å². The lowest BCUT2D eigenvalue weighted by atomic mass is 9.43. The number of carbonyl (C=O) groups excluding carboxylic acids is 3. The summed E-state index contributed by atoms with van der Waals surface area (Å²) < 4.78 is 19.8. The third kappa shape index (κ3) is 8.40. The van der Waals surface area contributed by atoms with Crippen molar-refractivity contribution in [1.29, 1.82) is 0 Å². The quantitative estimate of drug-likeness (QED) is 0.120. The second-order valence-electron chi connectivity index (χ2n) is 16.3. The minimum absolute atomic E-state index is 0.0442. The highest BCUT2D eigenvalue weighted by atomic mass is 35.5. The number of amides is 2. The van der Waals surface area contributed by atoms with Crippen molar-refractivity contribution in [2.24, 2.45) is 23.2 Å². The maximum Gasteiger partial charge on any atom is 0.461 e. The van der Waals surface area contributed by atoms with Crippen molar-refractivity contribution in [3.8, 4) is 0 Å². The highest BCUT2D eigenvalue weighted by Gasteiger charge is 2.68. The van der Waals surface area contributed by atoms with Crippen LogP contribution >= 0.6 is 23.2 Å². The summed E-state index contributed by atoms with van der Waals surface area (Å²) in [4.78, 5) is 46.6. The van der Waals surface area contributed by atoms with Crippen LogP contribution < -0.4 is 5.32 Å². The third-order valence-electron chi connectivity index (χ3n) is 12.1. The lowest BCUT2D eigenvalue weighted by Crippen LogP contribution is -2.65. The molecule has 2 amide bonds. The van der Waals surface area contributed by atoms with Gasteiger partial charge in [0.25, 0.3) is 11.8 Å². The summed E-state index contributed by atoms with van der Waals surface area (Å²) >= 11 is 12.6. The van der Waals surface area contributed by atoms with Gasteiger partial charge in [-0.25, -0.2) is 4.85 Å². The smallest absolute Gasteiger partial charge is 0.405 e. The van der Waals surface area contributed by atoms with E-state index in [0.717, 1.165) is 24.8 Å². The highest BCUT2D eigenvalue weighted by molar-refractivity contribution is 6.48. The number of hydrogen-bond donors (Lipinski definition) is 1. The van der Waals surface area contributed by atoms with Gasteiger partial charge in [0.05, 0.1) is 48.1 Å². The molecule has 0 aromatic heterocycles. The number of benzene rings is 2. The monoisotopic (exact) mass is 761 g/mol. The van der Waals surface area contributed by atoms with Crippen LogP contribution in [0.3, 0.4) is 0 Å². The van der Waals surface area contributed by atoms with E-state index in [9.17, 15) is 14.4 Å². The van der Waals surface area contributed by atoms with Crippen molar-refractivity contribution in [2.75, 3.05) is 19.8 Å². The lowest BCUT2D eigenvalue weighted by molar-refractivity contribution is -0.199. The van der Waals surface area contributed by atoms with Gasteiger partial charge in [-0.1, -0.05) is 87.3 Å². The van der Waals surface area contributed by atoms with E-state index in [4.69, 9.17) is 43.8 Å². The molecule has 2 aromatic rings. The zero-order valence-corrected chi connectivity index (χ0v) is 32.8. The van der Waals surface area contributed by atoms with Gasteiger partial charge in [-0.2, -0.15) is 0 Å². The normalized spacial score (nSPS) is 27.1. The van der Waals surface area contributed by atoms with Crippen LogP contribution in [-0.4, -0.2) is 73.2 Å². The number of carbonyl (C=O) groups is 3. The number of ketones is 1. The van der Waals surface area contributed by atoms with Crippen LogP contribution in [0.1, 0.15) is 82.6 Å². The molecule has 9 nitrogen and oxygen atoms in total. The molecule has 2 saturated heterocycles. The molecule has 0 spiro atoms. The number of Topliss-reactive ketones (excluding diaryl/α,β-unsaturated/α-hetero) is 1. The third-order valence-corrected chi connectivity index (χ3v) is 12.7. The van der Waals surface area contributed by atoms with Crippen molar-refractivity contribution in [2.45, 2.75) is 103 Å². The molecule has 7 rings (SSSR count). The fourth-order valence-electron chi connectivity index (χ4n) is 9.02. The fraction of sp³-hybridized carbons (Fsp3) is 0.561. The second kappa shape index (κ2) is 16.3. The molecule has 2 aromatic carbocycles. The van der Waals surface area contributed by atoms with Crippen LogP contribution in [0.2, 0.25) is 15.9 Å². The summed E-state index contributed by atoms with van der Waals surface area (Å²) in [6, 6.07) is 13.3. The Balaban J connectivity index is 1.21. The SMILES string of the molecule is [C-]#[N+]C(=CC(C)C)C(=O)N1CCC[C@@H]1COC[C@H](NC(=O)c1cc(Cl)ccc1Cl)C(=O)C[C@@H](Cc1ccccc1)B1O[C@@H]2C[C@H]3C[C@@H](C3(C)C)[C@]2(C)O1. The van der Waals surface area contributed by atoms with Gasteiger partial charge in [0.1, 0.15) is 6.04 Å². The molecule has 282 valence electrons. The van der Waals surface area contributed by atoms with E-state index in [1.54, 1.807) is 23.1 Å². The molecule has 3 saturated carbocycles. The lowest BCUT2D eigenvalue weighted by Gasteiger charge is -2.64. The summed E-state index contributed by atoms with van der Waals surface area (Å²) in [6.45, 7) is 18.8. The van der Waals surface area contributed by atoms with Crippen LogP contribution in [-0.2, 0) is 30.1 Å². The molecule has 1 N–H and O–H groups in total. The van der Waals surface area contributed by atoms with E-state index in [-0.39, 0.29) is 76.9 Å². The van der Waals surface area contributed by atoms with Gasteiger partial charge < -0.3 is 24.3 Å². The van der Waals surface area contributed by atoms with Crippen molar-refractivity contribution in [3.63, 3.8) is 0 Å². The number of allylic oxidation sites excluding steroid dienone is 1. The van der Waals surface area contributed by atoms with E-state index in [0.29, 0.717) is 36.2 Å². The maximum atomic E-state index is 14.4. The zero-order valence-electron chi connectivity index (χ0n) is 31.3. The Bertz CT molecular complexity index is 1770. The number of halogens is 2. The second-order valence-corrected chi connectivity index (χ2v) is 17.2. The topological polar surface area (TPSA) is 98.5 Å². The van der Waals surface area contributed by atoms with E-state index in [2.05, 4.69) is 30.9 Å². The molecule has 2 bridgehead atoms. The van der Waals surface area contributed by atoms with Gasteiger partial charge in [0, 0.05) is 23.8 Å². The molecular weight excluding hydrogens is 712 g/mol. The Kier molecular flexibility index (Phi) is 12.1. The highest BCUT2D eigenvalue weighted by Crippen LogP contribution is 2.66. The zero-order chi connectivity index (χ0) is 38.1. The van der Waals surface area contributed by atoms with E-state index >= 15 is 0 Å². The van der Waals surface area contributed by atoms with Crippen LogP contribution in [0.4, 0.5) is 0 Å². The summed E-state index contributed by atoms with van der Waals surface area (Å²) in [5, 5.41) is 3.43. The summed E-state index contributed by atoms with van der Waals surface area (Å²) in [6.07, 6.45) is 5.78. The Morgan fingerprint density at radius 3 is 2.58 bits per heavy atom. The number of nitrogens with zero attached hydrogens (tertiary/aromatic N) is 2. The Morgan fingerprint density at radius 2 is 1.89 bits per heavy atom. The van der Waals surface area contributed by atoms with Crippen molar-refractivity contribution in [1.82, 2.24) is 10.2 Å². The van der Waals surface area contributed by atoms with E-state index in [1.165, 1.54) is 6.07 Å². The Morgan fingerprint density at radius 1 is 1.13 bits per heavy atom. The molecule has 2 aliphatic heterocycles. The molecule has 5 aliphatic rings. The first-order valence-electron chi connectivity index (χ1n) is 18.8. The number of likely N-dealkylation sites (tertiary alicyclic amines) is 1. The Hall–Kier alpha value is -3.20. The first-order chi connectivity index (χ1) is 25.2. The van der Waals surface area contributed by atoms with Crippen LogP contribution in [0.25, 0.3) is 4.85 Å².